The average molecular weight is 604 g/mol. The number of hydrogen-bond acceptors (Lipinski definition) is 8. The van der Waals surface area contributed by atoms with Crippen LogP contribution in [0, 0.1) is 12.3 Å². The summed E-state index contributed by atoms with van der Waals surface area (Å²) in [5, 5.41) is 26.9. The molecule has 0 bridgehead atoms. The van der Waals surface area contributed by atoms with E-state index in [1.807, 2.05) is 38.1 Å². The predicted molar refractivity (Wildman–Crippen MR) is 158 cm³/mol. The lowest BCUT2D eigenvalue weighted by Crippen LogP contribution is -2.58. The summed E-state index contributed by atoms with van der Waals surface area (Å²) in [6.45, 7) is 9.24. The summed E-state index contributed by atoms with van der Waals surface area (Å²) in [6, 6.07) is 5.66. The SMILES string of the molecule is Cc1ncsc1-c1ccc([C@H](C)NC(=O)[C@@H]2C[C@@H](O)CN2C(=O)C(NC(=O)COCCCNC(=O)O)C(C)(C)C)cc1. The van der Waals surface area contributed by atoms with Crippen molar-refractivity contribution in [2.75, 3.05) is 26.3 Å². The van der Waals surface area contributed by atoms with Crippen LogP contribution >= 0.6 is 11.3 Å². The number of thiazole rings is 1. The Balaban J connectivity index is 1.62. The first-order valence-corrected chi connectivity index (χ1v) is 14.8. The molecule has 0 spiro atoms. The van der Waals surface area contributed by atoms with Gasteiger partial charge in [-0.05, 0) is 36.8 Å². The predicted octanol–water partition coefficient (Wildman–Crippen LogP) is 2.46. The zero-order valence-electron chi connectivity index (χ0n) is 24.7. The molecular formula is C29H41N5O7S. The molecule has 1 aromatic heterocycles. The van der Waals surface area contributed by atoms with Gasteiger partial charge in [0.2, 0.25) is 17.7 Å². The smallest absolute Gasteiger partial charge is 0.404 e. The highest BCUT2D eigenvalue weighted by Gasteiger charge is 2.44. The highest BCUT2D eigenvalue weighted by molar-refractivity contribution is 7.13. The quantitative estimate of drug-likeness (QED) is 0.230. The van der Waals surface area contributed by atoms with Gasteiger partial charge < -0.3 is 35.8 Å². The van der Waals surface area contributed by atoms with Crippen LogP contribution in [0.1, 0.15) is 57.8 Å². The van der Waals surface area contributed by atoms with Crippen molar-refractivity contribution in [3.8, 4) is 10.4 Å². The lowest BCUT2D eigenvalue weighted by Gasteiger charge is -2.35. The number of likely N-dealkylation sites (tertiary alicyclic amines) is 1. The van der Waals surface area contributed by atoms with E-state index in [0.717, 1.165) is 21.7 Å². The Morgan fingerprint density at radius 2 is 1.86 bits per heavy atom. The third kappa shape index (κ3) is 8.97. The Hall–Kier alpha value is -3.55. The standard InChI is InChI=1S/C29H41N5O7S/c1-17(19-7-9-20(10-8-19)24-18(2)31-16-42-24)32-26(37)22-13-21(35)14-34(22)27(38)25(29(3,4)5)33-23(36)15-41-12-6-11-30-28(39)40/h7-10,16-17,21-22,25,30,35H,6,11-15H2,1-5H3,(H,32,37)(H,33,36)(H,39,40)/t17-,21+,22-,25?/m0/s1. The second-order valence-corrected chi connectivity index (χ2v) is 12.4. The zero-order valence-corrected chi connectivity index (χ0v) is 25.5. The maximum atomic E-state index is 13.7. The Morgan fingerprint density at radius 1 is 1.17 bits per heavy atom. The van der Waals surface area contributed by atoms with Crippen LogP contribution in [0.5, 0.6) is 0 Å². The number of carbonyl (C=O) groups is 4. The van der Waals surface area contributed by atoms with Crippen molar-refractivity contribution in [2.45, 2.75) is 71.7 Å². The first kappa shape index (κ1) is 33.0. The number of aliphatic hydroxyl groups excluding tert-OH is 1. The molecule has 2 aromatic rings. The maximum Gasteiger partial charge on any atom is 0.404 e. The topological polar surface area (TPSA) is 170 Å². The van der Waals surface area contributed by atoms with Gasteiger partial charge in [-0.1, -0.05) is 45.0 Å². The molecule has 1 fully saturated rings. The number of β-amino-alcohol motifs (C(OH)–C–C–N with tert-alkyl or cyclic N) is 1. The van der Waals surface area contributed by atoms with Crippen molar-refractivity contribution in [1.82, 2.24) is 25.8 Å². The number of carbonyl (C=O) groups excluding carboxylic acids is 3. The minimum Gasteiger partial charge on any atom is -0.465 e. The van der Waals surface area contributed by atoms with E-state index in [4.69, 9.17) is 9.84 Å². The normalized spacial score (nSPS) is 18.3. The van der Waals surface area contributed by atoms with E-state index < -0.39 is 41.5 Å². The summed E-state index contributed by atoms with van der Waals surface area (Å²) in [7, 11) is 0. The molecule has 3 rings (SSSR count). The van der Waals surface area contributed by atoms with E-state index in [9.17, 15) is 24.3 Å². The third-order valence-electron chi connectivity index (χ3n) is 7.04. The van der Waals surface area contributed by atoms with Crippen molar-refractivity contribution < 1.29 is 34.1 Å². The van der Waals surface area contributed by atoms with Crippen LogP contribution in [0.2, 0.25) is 0 Å². The van der Waals surface area contributed by atoms with Gasteiger partial charge in [-0.3, -0.25) is 14.4 Å². The van der Waals surface area contributed by atoms with Gasteiger partial charge in [0.05, 0.1) is 28.2 Å². The summed E-state index contributed by atoms with van der Waals surface area (Å²) in [5.74, 6) is -1.36. The number of ether oxygens (including phenoxy) is 1. The first-order valence-electron chi connectivity index (χ1n) is 13.9. The maximum absolute atomic E-state index is 13.7. The van der Waals surface area contributed by atoms with Crippen LogP contribution in [0.15, 0.2) is 29.8 Å². The lowest BCUT2D eigenvalue weighted by atomic mass is 9.85. The van der Waals surface area contributed by atoms with Crippen molar-refractivity contribution in [3.05, 3.63) is 41.0 Å². The van der Waals surface area contributed by atoms with Gasteiger partial charge >= 0.3 is 6.09 Å². The second kappa shape index (κ2) is 14.6. The summed E-state index contributed by atoms with van der Waals surface area (Å²) in [4.78, 5) is 56.9. The van der Waals surface area contributed by atoms with Crippen LogP contribution in [0.4, 0.5) is 4.79 Å². The Bertz CT molecular complexity index is 1240. The molecule has 1 aliphatic rings. The number of amides is 4. The molecule has 5 N–H and O–H groups in total. The number of aryl methyl sites for hydroxylation is 1. The largest absolute Gasteiger partial charge is 0.465 e. The van der Waals surface area contributed by atoms with Crippen molar-refractivity contribution >= 4 is 35.2 Å². The molecule has 12 nitrogen and oxygen atoms in total. The van der Waals surface area contributed by atoms with Crippen LogP contribution < -0.4 is 16.0 Å². The van der Waals surface area contributed by atoms with Crippen molar-refractivity contribution in [1.29, 1.82) is 0 Å². The molecule has 0 saturated carbocycles. The molecule has 1 saturated heterocycles. The van der Waals surface area contributed by atoms with E-state index in [0.29, 0.717) is 6.42 Å². The molecule has 4 atom stereocenters. The van der Waals surface area contributed by atoms with Crippen molar-refractivity contribution in [3.63, 3.8) is 0 Å². The molecule has 42 heavy (non-hydrogen) atoms. The number of benzene rings is 1. The fourth-order valence-corrected chi connectivity index (χ4v) is 5.56. The van der Waals surface area contributed by atoms with Gasteiger partial charge in [-0.25, -0.2) is 9.78 Å². The molecule has 1 aromatic carbocycles. The Kier molecular flexibility index (Phi) is 11.4. The molecule has 4 amide bonds. The molecular weight excluding hydrogens is 562 g/mol. The molecule has 0 aliphatic carbocycles. The molecule has 1 aliphatic heterocycles. The number of aromatic nitrogens is 1. The van der Waals surface area contributed by atoms with Gasteiger partial charge in [0.25, 0.3) is 0 Å². The number of aliphatic hydroxyl groups is 1. The number of hydrogen-bond donors (Lipinski definition) is 5. The number of nitrogens with one attached hydrogen (secondary N) is 3. The minimum atomic E-state index is -1.13. The van der Waals surface area contributed by atoms with E-state index in [1.165, 1.54) is 4.90 Å². The number of carboxylic acid groups (broad SMARTS) is 1. The minimum absolute atomic E-state index is 0.0241. The fourth-order valence-electron chi connectivity index (χ4n) is 4.75. The van der Waals surface area contributed by atoms with Crippen LogP contribution in [-0.2, 0) is 19.1 Å². The summed E-state index contributed by atoms with van der Waals surface area (Å²) in [5.41, 5.74) is 4.01. The first-order chi connectivity index (χ1) is 19.8. The Labute approximate surface area is 249 Å². The van der Waals surface area contributed by atoms with Crippen molar-refractivity contribution in [2.24, 2.45) is 5.41 Å². The molecule has 13 heteroatoms. The van der Waals surface area contributed by atoms with Gasteiger partial charge in [0, 0.05) is 26.1 Å². The Morgan fingerprint density at radius 3 is 2.45 bits per heavy atom. The van der Waals surface area contributed by atoms with Gasteiger partial charge in [0.1, 0.15) is 18.7 Å². The summed E-state index contributed by atoms with van der Waals surface area (Å²) >= 11 is 1.57. The molecule has 0 radical (unpaired) electrons. The van der Waals surface area contributed by atoms with E-state index in [1.54, 1.807) is 37.6 Å². The van der Waals surface area contributed by atoms with E-state index in [-0.39, 0.29) is 44.7 Å². The van der Waals surface area contributed by atoms with Gasteiger partial charge in [-0.15, -0.1) is 11.3 Å². The van der Waals surface area contributed by atoms with Crippen LogP contribution in [0.25, 0.3) is 10.4 Å². The highest BCUT2D eigenvalue weighted by Crippen LogP contribution is 2.29. The second-order valence-electron chi connectivity index (χ2n) is 11.5. The molecule has 2 heterocycles. The number of nitrogens with zero attached hydrogens (tertiary/aromatic N) is 2. The van der Waals surface area contributed by atoms with Gasteiger partial charge in [-0.2, -0.15) is 0 Å². The summed E-state index contributed by atoms with van der Waals surface area (Å²) < 4.78 is 5.32. The monoisotopic (exact) mass is 603 g/mol. The lowest BCUT2D eigenvalue weighted by molar-refractivity contribution is -0.144. The average Bonchev–Trinajstić information content (AvgIpc) is 3.53. The fraction of sp³-hybridized carbons (Fsp3) is 0.552. The number of rotatable bonds is 12. The van der Waals surface area contributed by atoms with E-state index >= 15 is 0 Å². The summed E-state index contributed by atoms with van der Waals surface area (Å²) in [6.07, 6.45) is -1.53. The van der Waals surface area contributed by atoms with Crippen LogP contribution in [0.3, 0.4) is 0 Å². The highest BCUT2D eigenvalue weighted by atomic mass is 32.1. The molecule has 1 unspecified atom stereocenters. The third-order valence-corrected chi connectivity index (χ3v) is 8.01. The van der Waals surface area contributed by atoms with E-state index in [2.05, 4.69) is 20.9 Å². The van der Waals surface area contributed by atoms with Crippen LogP contribution in [-0.4, -0.2) is 88.4 Å². The molecule has 230 valence electrons. The van der Waals surface area contributed by atoms with Gasteiger partial charge in [0.15, 0.2) is 0 Å². The zero-order chi connectivity index (χ0) is 31.0.